The molecule has 0 amide bonds. The van der Waals surface area contributed by atoms with Crippen LogP contribution in [0.2, 0.25) is 0 Å². The average Bonchev–Trinajstić information content (AvgIpc) is 3.21. The number of hydrogen-bond acceptors (Lipinski definition) is 6. The first-order chi connectivity index (χ1) is 10.8. The van der Waals surface area contributed by atoms with Gasteiger partial charge in [0.2, 0.25) is 0 Å². The summed E-state index contributed by atoms with van der Waals surface area (Å²) in [5.41, 5.74) is 1.03. The second kappa shape index (κ2) is 7.02. The fraction of sp³-hybridized carbons (Fsp3) is 0.533. The van der Waals surface area contributed by atoms with E-state index in [-0.39, 0.29) is 12.0 Å². The van der Waals surface area contributed by atoms with Crippen LogP contribution < -0.4 is 0 Å². The van der Waals surface area contributed by atoms with Crippen LogP contribution in [0.25, 0.3) is 0 Å². The second-order valence-corrected chi connectivity index (χ2v) is 6.38. The van der Waals surface area contributed by atoms with E-state index in [2.05, 4.69) is 15.0 Å². The van der Waals surface area contributed by atoms with Crippen LogP contribution in [-0.4, -0.2) is 45.8 Å². The van der Waals surface area contributed by atoms with E-state index in [1.807, 2.05) is 21.5 Å². The Morgan fingerprint density at radius 1 is 1.59 bits per heavy atom. The summed E-state index contributed by atoms with van der Waals surface area (Å²) in [6, 6.07) is 1.71. The molecule has 0 saturated carbocycles. The lowest BCUT2D eigenvalue weighted by Crippen LogP contribution is -2.42. The third-order valence-corrected chi connectivity index (χ3v) is 4.81. The van der Waals surface area contributed by atoms with Gasteiger partial charge in [-0.05, 0) is 47.7 Å². The van der Waals surface area contributed by atoms with Crippen molar-refractivity contribution in [2.45, 2.75) is 25.4 Å². The van der Waals surface area contributed by atoms with Crippen LogP contribution in [0.1, 0.15) is 24.4 Å². The maximum absolute atomic E-state index is 12.2. The molecule has 2 aromatic heterocycles. The number of carbonyl (C=O) groups excluding carboxylic acids is 1. The Bertz CT molecular complexity index is 585. The summed E-state index contributed by atoms with van der Waals surface area (Å²) in [7, 11) is 1.46. The van der Waals surface area contributed by atoms with Gasteiger partial charge < -0.3 is 4.74 Å². The quantitative estimate of drug-likeness (QED) is 0.788. The maximum atomic E-state index is 12.2. The lowest BCUT2D eigenvalue weighted by Gasteiger charge is -2.36. The van der Waals surface area contributed by atoms with Gasteiger partial charge in [-0.1, -0.05) is 0 Å². The molecule has 1 saturated heterocycles. The summed E-state index contributed by atoms with van der Waals surface area (Å²) in [5, 5.41) is 8.21. The van der Waals surface area contributed by atoms with Crippen LogP contribution in [0.4, 0.5) is 0 Å². The topological polar surface area (TPSA) is 60.2 Å². The first-order valence-electron chi connectivity index (χ1n) is 7.44. The highest BCUT2D eigenvalue weighted by molar-refractivity contribution is 7.08. The van der Waals surface area contributed by atoms with E-state index in [4.69, 9.17) is 4.74 Å². The van der Waals surface area contributed by atoms with Gasteiger partial charge in [0, 0.05) is 13.1 Å². The van der Waals surface area contributed by atoms with Gasteiger partial charge in [-0.2, -0.15) is 16.4 Å². The van der Waals surface area contributed by atoms with Crippen LogP contribution in [-0.2, 0) is 16.1 Å². The molecule has 0 radical (unpaired) electrons. The van der Waals surface area contributed by atoms with Gasteiger partial charge in [0.25, 0.3) is 0 Å². The van der Waals surface area contributed by atoms with Crippen LogP contribution in [0.15, 0.2) is 29.5 Å². The Balaban J connectivity index is 1.72. The number of hydrogen-bond donors (Lipinski definition) is 0. The number of esters is 1. The van der Waals surface area contributed by atoms with Gasteiger partial charge in [-0.3, -0.25) is 9.58 Å². The summed E-state index contributed by atoms with van der Waals surface area (Å²) >= 11 is 1.61. The van der Waals surface area contributed by atoms with Crippen LogP contribution in [0, 0.1) is 5.92 Å². The fourth-order valence-corrected chi connectivity index (χ4v) is 3.79. The summed E-state index contributed by atoms with van der Waals surface area (Å²) in [5.74, 6) is 0.293. The molecular weight excluding hydrogens is 300 g/mol. The number of methoxy groups -OCH3 is 1. The molecule has 0 spiro atoms. The predicted molar refractivity (Wildman–Crippen MR) is 83.4 cm³/mol. The third-order valence-electron chi connectivity index (χ3n) is 4.11. The van der Waals surface area contributed by atoms with Gasteiger partial charge in [0.1, 0.15) is 18.7 Å². The Kier molecular flexibility index (Phi) is 4.84. The second-order valence-electron chi connectivity index (χ2n) is 5.60. The lowest BCUT2D eigenvalue weighted by molar-refractivity contribution is -0.148. The zero-order chi connectivity index (χ0) is 15.4. The van der Waals surface area contributed by atoms with Crippen LogP contribution >= 0.6 is 11.3 Å². The standard InChI is InChI=1S/C15H20N4O2S/c1-21-15(20)14(13-4-6-22-9-13)18-5-2-3-12(7-18)8-19-11-16-10-17-19/h4,6,9-12,14H,2-3,5,7-8H2,1H3/t12-,14+/m0/s1. The maximum Gasteiger partial charge on any atom is 0.327 e. The Morgan fingerprint density at radius 3 is 3.18 bits per heavy atom. The Labute approximate surface area is 133 Å². The molecule has 1 aliphatic heterocycles. The molecule has 1 fully saturated rings. The number of likely N-dealkylation sites (tertiary alicyclic amines) is 1. The van der Waals surface area contributed by atoms with Crippen molar-refractivity contribution >= 4 is 17.3 Å². The Morgan fingerprint density at radius 2 is 2.50 bits per heavy atom. The monoisotopic (exact) mass is 320 g/mol. The van der Waals surface area contributed by atoms with E-state index in [1.54, 1.807) is 24.0 Å². The molecule has 0 aliphatic carbocycles. The van der Waals surface area contributed by atoms with Crippen LogP contribution in [0.5, 0.6) is 0 Å². The van der Waals surface area contributed by atoms with Crippen molar-refractivity contribution in [1.29, 1.82) is 0 Å². The molecule has 3 heterocycles. The molecule has 3 rings (SSSR count). The highest BCUT2D eigenvalue weighted by atomic mass is 32.1. The SMILES string of the molecule is COC(=O)[C@@H](c1ccsc1)N1CCC[C@H](Cn2cncn2)C1. The van der Waals surface area contributed by atoms with E-state index < -0.39 is 0 Å². The van der Waals surface area contributed by atoms with Crippen LogP contribution in [0.3, 0.4) is 0 Å². The molecule has 0 unspecified atom stereocenters. The van der Waals surface area contributed by atoms with Crippen molar-refractivity contribution in [3.05, 3.63) is 35.0 Å². The number of aromatic nitrogens is 3. The zero-order valence-corrected chi connectivity index (χ0v) is 13.4. The predicted octanol–water partition coefficient (Wildman–Crippen LogP) is 1.97. The number of nitrogens with zero attached hydrogens (tertiary/aromatic N) is 4. The molecule has 0 aromatic carbocycles. The third kappa shape index (κ3) is 3.36. The van der Waals surface area contributed by atoms with Gasteiger partial charge in [-0.15, -0.1) is 0 Å². The first-order valence-corrected chi connectivity index (χ1v) is 8.38. The van der Waals surface area contributed by atoms with Gasteiger partial charge in [0.05, 0.1) is 7.11 Å². The van der Waals surface area contributed by atoms with Crippen molar-refractivity contribution in [1.82, 2.24) is 19.7 Å². The lowest BCUT2D eigenvalue weighted by atomic mass is 9.95. The van der Waals surface area contributed by atoms with Gasteiger partial charge in [-0.25, -0.2) is 9.78 Å². The molecule has 0 bridgehead atoms. The van der Waals surface area contributed by atoms with E-state index >= 15 is 0 Å². The molecule has 2 atom stereocenters. The fourth-order valence-electron chi connectivity index (χ4n) is 3.11. The smallest absolute Gasteiger partial charge is 0.327 e. The summed E-state index contributed by atoms with van der Waals surface area (Å²) < 4.78 is 6.89. The molecule has 118 valence electrons. The number of ether oxygens (including phenoxy) is 1. The van der Waals surface area contributed by atoms with Crippen molar-refractivity contribution < 1.29 is 9.53 Å². The number of rotatable bonds is 5. The molecular formula is C15H20N4O2S. The molecule has 2 aromatic rings. The summed E-state index contributed by atoms with van der Waals surface area (Å²) in [6.07, 6.45) is 5.53. The van der Waals surface area contributed by atoms with E-state index in [0.717, 1.165) is 38.0 Å². The molecule has 7 heteroatoms. The molecule has 6 nitrogen and oxygen atoms in total. The van der Waals surface area contributed by atoms with Gasteiger partial charge in [0.15, 0.2) is 0 Å². The largest absolute Gasteiger partial charge is 0.468 e. The highest BCUT2D eigenvalue weighted by Crippen LogP contribution is 2.29. The Hall–Kier alpha value is -1.73. The minimum Gasteiger partial charge on any atom is -0.468 e. The summed E-state index contributed by atoms with van der Waals surface area (Å²) in [6.45, 7) is 2.63. The normalized spacial score (nSPS) is 20.7. The first kappa shape index (κ1) is 15.2. The minimum absolute atomic E-state index is 0.181. The molecule has 0 N–H and O–H groups in total. The molecule has 22 heavy (non-hydrogen) atoms. The van der Waals surface area contributed by atoms with E-state index in [9.17, 15) is 4.79 Å². The van der Waals surface area contributed by atoms with Crippen molar-refractivity contribution in [2.75, 3.05) is 20.2 Å². The van der Waals surface area contributed by atoms with Gasteiger partial charge >= 0.3 is 5.97 Å². The molecule has 1 aliphatic rings. The van der Waals surface area contributed by atoms with E-state index in [0.29, 0.717) is 5.92 Å². The van der Waals surface area contributed by atoms with Crippen molar-refractivity contribution in [3.8, 4) is 0 Å². The van der Waals surface area contributed by atoms with E-state index in [1.165, 1.54) is 7.11 Å². The highest BCUT2D eigenvalue weighted by Gasteiger charge is 2.32. The summed E-state index contributed by atoms with van der Waals surface area (Å²) in [4.78, 5) is 18.5. The number of carbonyl (C=O) groups is 1. The zero-order valence-electron chi connectivity index (χ0n) is 12.6. The number of thiophene rings is 1. The van der Waals surface area contributed by atoms with Crippen molar-refractivity contribution in [2.24, 2.45) is 5.92 Å². The average molecular weight is 320 g/mol. The number of piperidine rings is 1. The minimum atomic E-state index is -0.296. The van der Waals surface area contributed by atoms with Crippen molar-refractivity contribution in [3.63, 3.8) is 0 Å².